The molecule has 6 heteroatoms. The van der Waals surface area contributed by atoms with Crippen molar-refractivity contribution in [1.29, 1.82) is 0 Å². The maximum Gasteiger partial charge on any atom is 0.136 e. The van der Waals surface area contributed by atoms with Crippen LogP contribution in [0, 0.1) is 0 Å². The van der Waals surface area contributed by atoms with Gasteiger partial charge in [0.1, 0.15) is 22.3 Å². The van der Waals surface area contributed by atoms with E-state index in [4.69, 9.17) is 8.83 Å². The summed E-state index contributed by atoms with van der Waals surface area (Å²) in [7, 11) is 0. The van der Waals surface area contributed by atoms with Crippen LogP contribution in [-0.4, -0.2) is 0 Å². The minimum absolute atomic E-state index is 0.103. The minimum Gasteiger partial charge on any atom is -0.456 e. The Morgan fingerprint density at radius 2 is 1.04 bits per heavy atom. The molecule has 0 bridgehead atoms. The average molecular weight is 678 g/mol. The predicted octanol–water partition coefficient (Wildman–Crippen LogP) is 11.7. The van der Waals surface area contributed by atoms with E-state index in [0.29, 0.717) is 0 Å². The van der Waals surface area contributed by atoms with E-state index in [1.807, 2.05) is 23.5 Å². The van der Waals surface area contributed by atoms with Gasteiger partial charge in [-0.05, 0) is 58.7 Å². The molecule has 0 aliphatic carbocycles. The molecule has 3 aromatic heterocycles. The zero-order valence-electron chi connectivity index (χ0n) is 27.4. The number of fused-ring (bicyclic) bond motifs is 9. The molecule has 0 radical (unpaired) electrons. The van der Waals surface area contributed by atoms with Crippen LogP contribution in [0.1, 0.15) is 35.2 Å². The highest BCUT2D eigenvalue weighted by Gasteiger charge is 2.31. The van der Waals surface area contributed by atoms with E-state index in [-0.39, 0.29) is 18.5 Å². The van der Waals surface area contributed by atoms with Crippen molar-refractivity contribution in [2.75, 3.05) is 0 Å². The first-order valence-electron chi connectivity index (χ1n) is 17.4. The second-order valence-corrected chi connectivity index (χ2v) is 14.4. The summed E-state index contributed by atoms with van der Waals surface area (Å²) in [6, 6.07) is 53.6. The number of hydrogen-bond donors (Lipinski definition) is 3. The molecule has 51 heavy (non-hydrogen) atoms. The summed E-state index contributed by atoms with van der Waals surface area (Å²) in [5.41, 5.74) is 9.43. The van der Waals surface area contributed by atoms with Crippen molar-refractivity contribution in [2.45, 2.75) is 18.5 Å². The van der Waals surface area contributed by atoms with Crippen molar-refractivity contribution in [3.8, 4) is 11.1 Å². The predicted molar refractivity (Wildman–Crippen MR) is 210 cm³/mol. The quantitative estimate of drug-likeness (QED) is 0.173. The standard InChI is InChI=1S/C45H31N3O2S/c1-2-11-26(12-3-1)43-46-44(48-45(47-43)33-18-10-21-38-41(33)32-14-4-6-19-35(32)49-38)27-23-24-36-34(25-27)40-29(15-9-20-37(40)50-36)31-17-8-16-30-28-13-5-7-22-39(28)51-42(30)31/h1-25,43-48H. The van der Waals surface area contributed by atoms with Gasteiger partial charge in [0.25, 0.3) is 0 Å². The Balaban J connectivity index is 1.07. The van der Waals surface area contributed by atoms with Crippen LogP contribution in [0.4, 0.5) is 0 Å². The second kappa shape index (κ2) is 11.4. The van der Waals surface area contributed by atoms with Gasteiger partial charge in [-0.25, -0.2) is 0 Å². The molecule has 10 aromatic rings. The Morgan fingerprint density at radius 1 is 0.412 bits per heavy atom. The van der Waals surface area contributed by atoms with E-state index in [1.54, 1.807) is 0 Å². The third kappa shape index (κ3) is 4.58. The summed E-state index contributed by atoms with van der Waals surface area (Å²) < 4.78 is 15.4. The molecule has 11 rings (SSSR count). The highest BCUT2D eigenvalue weighted by molar-refractivity contribution is 7.26. The lowest BCUT2D eigenvalue weighted by Gasteiger charge is -2.40. The summed E-state index contributed by atoms with van der Waals surface area (Å²) >= 11 is 1.86. The average Bonchev–Trinajstić information content (AvgIpc) is 3.89. The van der Waals surface area contributed by atoms with Gasteiger partial charge in [0.15, 0.2) is 0 Å². The number of nitrogens with one attached hydrogen (secondary N) is 3. The van der Waals surface area contributed by atoms with Crippen LogP contribution in [0.2, 0.25) is 0 Å². The lowest BCUT2D eigenvalue weighted by molar-refractivity contribution is 0.204. The first-order chi connectivity index (χ1) is 25.3. The minimum atomic E-state index is -0.164. The fourth-order valence-corrected chi connectivity index (χ4v) is 9.33. The molecule has 0 amide bonds. The molecule has 4 heterocycles. The molecular formula is C45H31N3O2S. The summed E-state index contributed by atoms with van der Waals surface area (Å²) in [5.74, 6) is 0. The molecule has 0 spiro atoms. The van der Waals surface area contributed by atoms with Gasteiger partial charge in [-0.2, -0.15) is 0 Å². The highest BCUT2D eigenvalue weighted by atomic mass is 32.1. The molecule has 1 fully saturated rings. The molecule has 0 saturated carbocycles. The number of hydrogen-bond acceptors (Lipinski definition) is 6. The zero-order valence-corrected chi connectivity index (χ0v) is 28.2. The zero-order chi connectivity index (χ0) is 33.5. The van der Waals surface area contributed by atoms with Crippen LogP contribution in [0.5, 0.6) is 0 Å². The van der Waals surface area contributed by atoms with E-state index in [9.17, 15) is 0 Å². The van der Waals surface area contributed by atoms with Gasteiger partial charge in [0.2, 0.25) is 0 Å². The van der Waals surface area contributed by atoms with Crippen molar-refractivity contribution in [1.82, 2.24) is 16.0 Å². The highest BCUT2D eigenvalue weighted by Crippen LogP contribution is 2.44. The van der Waals surface area contributed by atoms with Gasteiger partial charge in [-0.3, -0.25) is 16.0 Å². The molecule has 7 aromatic carbocycles. The Kier molecular flexibility index (Phi) is 6.48. The van der Waals surface area contributed by atoms with E-state index in [0.717, 1.165) is 55.0 Å². The van der Waals surface area contributed by atoms with Gasteiger partial charge in [-0.1, -0.05) is 115 Å². The van der Waals surface area contributed by atoms with E-state index in [2.05, 4.69) is 155 Å². The van der Waals surface area contributed by atoms with Crippen LogP contribution in [-0.2, 0) is 0 Å². The van der Waals surface area contributed by atoms with Crippen LogP contribution in [0.25, 0.3) is 75.2 Å². The second-order valence-electron chi connectivity index (χ2n) is 13.3. The molecule has 244 valence electrons. The Labute approximate surface area is 297 Å². The molecule has 1 aliphatic heterocycles. The normalized spacial score (nSPS) is 18.2. The molecule has 3 atom stereocenters. The van der Waals surface area contributed by atoms with E-state index < -0.39 is 0 Å². The van der Waals surface area contributed by atoms with E-state index >= 15 is 0 Å². The topological polar surface area (TPSA) is 62.4 Å². The molecule has 5 nitrogen and oxygen atoms in total. The third-order valence-corrected chi connectivity index (χ3v) is 11.6. The van der Waals surface area contributed by atoms with Gasteiger partial charge in [0.05, 0.1) is 18.5 Å². The first kappa shape index (κ1) is 29.0. The smallest absolute Gasteiger partial charge is 0.136 e. The van der Waals surface area contributed by atoms with Gasteiger partial charge >= 0.3 is 0 Å². The molecule has 3 N–H and O–H groups in total. The molecule has 3 unspecified atom stereocenters. The summed E-state index contributed by atoms with van der Waals surface area (Å²) in [5, 5.41) is 18.8. The molecule has 1 saturated heterocycles. The van der Waals surface area contributed by atoms with Gasteiger partial charge in [-0.15, -0.1) is 11.3 Å². The first-order valence-corrected chi connectivity index (χ1v) is 18.2. The van der Waals surface area contributed by atoms with Crippen molar-refractivity contribution in [3.63, 3.8) is 0 Å². The Hall–Kier alpha value is -5.76. The number of para-hydroxylation sites is 1. The van der Waals surface area contributed by atoms with Crippen molar-refractivity contribution in [3.05, 3.63) is 168 Å². The fourth-order valence-electron chi connectivity index (χ4n) is 8.10. The molecule has 1 aliphatic rings. The monoisotopic (exact) mass is 677 g/mol. The fraction of sp³-hybridized carbons (Fsp3) is 0.0667. The van der Waals surface area contributed by atoms with Crippen molar-refractivity contribution < 1.29 is 8.83 Å². The maximum absolute atomic E-state index is 6.53. The lowest BCUT2D eigenvalue weighted by Crippen LogP contribution is -2.54. The van der Waals surface area contributed by atoms with E-state index in [1.165, 1.54) is 36.9 Å². The number of rotatable bonds is 4. The van der Waals surface area contributed by atoms with Crippen LogP contribution >= 0.6 is 11.3 Å². The van der Waals surface area contributed by atoms with Gasteiger partial charge < -0.3 is 8.83 Å². The van der Waals surface area contributed by atoms with Crippen molar-refractivity contribution in [2.24, 2.45) is 0 Å². The Morgan fingerprint density at radius 3 is 1.92 bits per heavy atom. The largest absolute Gasteiger partial charge is 0.456 e. The summed E-state index contributed by atoms with van der Waals surface area (Å²) in [6.45, 7) is 0. The van der Waals surface area contributed by atoms with Crippen molar-refractivity contribution >= 4 is 75.4 Å². The molecular weight excluding hydrogens is 647 g/mol. The summed E-state index contributed by atoms with van der Waals surface area (Å²) in [6.07, 6.45) is -0.430. The Bertz CT molecular complexity index is 2940. The summed E-state index contributed by atoms with van der Waals surface area (Å²) in [4.78, 5) is 0. The van der Waals surface area contributed by atoms with Gasteiger partial charge in [0, 0.05) is 47.3 Å². The SMILES string of the molecule is c1ccc(C2NC(c3ccc4oc5cccc(-c6cccc7c6sc6ccccc67)c5c4c3)NC(c3cccc4oc5ccccc5c34)N2)cc1. The number of furan rings is 2. The van der Waals surface area contributed by atoms with Crippen LogP contribution < -0.4 is 16.0 Å². The van der Waals surface area contributed by atoms with Crippen LogP contribution in [0.15, 0.2) is 160 Å². The number of benzene rings is 7. The lowest BCUT2D eigenvalue weighted by atomic mass is 9.96. The van der Waals surface area contributed by atoms with Crippen LogP contribution in [0.3, 0.4) is 0 Å². The third-order valence-electron chi connectivity index (χ3n) is 10.4. The number of thiophene rings is 1. The maximum atomic E-state index is 6.53.